The Labute approximate surface area is 191 Å². The first-order valence-corrected chi connectivity index (χ1v) is 13.0. The maximum Gasteiger partial charge on any atom is 0.255 e. The summed E-state index contributed by atoms with van der Waals surface area (Å²) < 4.78 is 27.9. The Morgan fingerprint density at radius 1 is 1.03 bits per heavy atom. The van der Waals surface area contributed by atoms with Crippen molar-refractivity contribution in [1.29, 1.82) is 0 Å². The predicted molar refractivity (Wildman–Crippen MR) is 127 cm³/mol. The van der Waals surface area contributed by atoms with Crippen molar-refractivity contribution in [2.24, 2.45) is 0 Å². The molecule has 2 fully saturated rings. The molecule has 2 saturated carbocycles. The van der Waals surface area contributed by atoms with Crippen molar-refractivity contribution in [2.45, 2.75) is 75.4 Å². The highest BCUT2D eigenvalue weighted by Gasteiger charge is 2.28. The van der Waals surface area contributed by atoms with Gasteiger partial charge >= 0.3 is 0 Å². The Morgan fingerprint density at radius 2 is 1.75 bits per heavy atom. The van der Waals surface area contributed by atoms with E-state index in [2.05, 4.69) is 22.0 Å². The molecular weight excluding hydrogens is 422 g/mol. The largest absolute Gasteiger partial charge is 0.322 e. The summed E-state index contributed by atoms with van der Waals surface area (Å²) in [7, 11) is -1.46. The fraction of sp³-hybridized carbons (Fsp3) is 0.480. The Hall–Kier alpha value is -2.22. The van der Waals surface area contributed by atoms with Crippen LogP contribution in [-0.2, 0) is 16.6 Å². The van der Waals surface area contributed by atoms with E-state index in [1.807, 2.05) is 31.2 Å². The Bertz CT molecular complexity index is 1070. The summed E-state index contributed by atoms with van der Waals surface area (Å²) in [5.74, 6) is -0.293. The normalized spacial score (nSPS) is 17.5. The molecule has 0 radical (unpaired) electrons. The van der Waals surface area contributed by atoms with E-state index in [1.165, 1.54) is 38.2 Å². The zero-order valence-electron chi connectivity index (χ0n) is 18.9. The molecule has 1 amide bonds. The first kappa shape index (κ1) is 23.0. The molecule has 6 nitrogen and oxygen atoms in total. The van der Waals surface area contributed by atoms with Crippen LogP contribution >= 0.6 is 0 Å². The lowest BCUT2D eigenvalue weighted by Gasteiger charge is -2.31. The van der Waals surface area contributed by atoms with E-state index in [0.717, 1.165) is 36.2 Å². The van der Waals surface area contributed by atoms with Gasteiger partial charge in [-0.05, 0) is 69.0 Å². The van der Waals surface area contributed by atoms with E-state index in [9.17, 15) is 13.2 Å². The Kier molecular flexibility index (Phi) is 6.98. The second kappa shape index (κ2) is 9.73. The van der Waals surface area contributed by atoms with Gasteiger partial charge in [0.1, 0.15) is 0 Å². The molecule has 7 heteroatoms. The van der Waals surface area contributed by atoms with Gasteiger partial charge in [0.05, 0.1) is 4.90 Å². The maximum atomic E-state index is 13.1. The lowest BCUT2D eigenvalue weighted by molar-refractivity contribution is 0.102. The minimum atomic E-state index is -3.62. The fourth-order valence-corrected chi connectivity index (χ4v) is 5.72. The molecule has 4 rings (SSSR count). The van der Waals surface area contributed by atoms with Gasteiger partial charge in [-0.25, -0.2) is 13.1 Å². The molecule has 0 atom stereocenters. The van der Waals surface area contributed by atoms with Crippen LogP contribution in [0.2, 0.25) is 0 Å². The predicted octanol–water partition coefficient (Wildman–Crippen LogP) is 4.45. The number of aryl methyl sites for hydroxylation is 1. The molecule has 0 spiro atoms. The van der Waals surface area contributed by atoms with Crippen LogP contribution < -0.4 is 10.0 Å². The number of nitrogens with zero attached hydrogens (tertiary/aromatic N) is 1. The van der Waals surface area contributed by atoms with Gasteiger partial charge in [0.15, 0.2) is 0 Å². The van der Waals surface area contributed by atoms with E-state index in [4.69, 9.17) is 0 Å². The third kappa shape index (κ3) is 5.57. The van der Waals surface area contributed by atoms with Gasteiger partial charge < -0.3 is 5.32 Å². The first-order valence-electron chi connectivity index (χ1n) is 11.6. The van der Waals surface area contributed by atoms with Crippen LogP contribution in [0.1, 0.15) is 66.4 Å². The van der Waals surface area contributed by atoms with Crippen molar-refractivity contribution < 1.29 is 13.2 Å². The van der Waals surface area contributed by atoms with Gasteiger partial charge in [-0.1, -0.05) is 43.5 Å². The SMILES string of the molecule is Cc1ccc(S(=O)(=O)NC2CC2)cc1C(=O)Nc1ccccc1CN(C)C1CCCCC1. The average molecular weight is 456 g/mol. The van der Waals surface area contributed by atoms with Crippen LogP contribution in [0.4, 0.5) is 5.69 Å². The molecule has 2 aromatic rings. The Morgan fingerprint density at radius 3 is 2.47 bits per heavy atom. The van der Waals surface area contributed by atoms with Crippen molar-refractivity contribution >= 4 is 21.6 Å². The zero-order chi connectivity index (χ0) is 22.7. The van der Waals surface area contributed by atoms with Gasteiger partial charge in [0.25, 0.3) is 5.91 Å². The summed E-state index contributed by atoms with van der Waals surface area (Å²) in [5.41, 5.74) is 2.94. The molecule has 2 aromatic carbocycles. The third-order valence-electron chi connectivity index (χ3n) is 6.55. The topological polar surface area (TPSA) is 78.5 Å². The summed E-state index contributed by atoms with van der Waals surface area (Å²) in [6.45, 7) is 2.59. The lowest BCUT2D eigenvalue weighted by Crippen LogP contribution is -2.33. The summed E-state index contributed by atoms with van der Waals surface area (Å²) in [6.07, 6.45) is 8.06. The number of anilines is 1. The standard InChI is InChI=1S/C25H33N3O3S/c1-18-12-15-22(32(30,31)27-20-13-14-20)16-23(18)25(29)26-24-11-7-6-8-19(24)17-28(2)21-9-4-3-5-10-21/h6-8,11-12,15-16,20-21,27H,3-5,9-10,13-14,17H2,1-2H3,(H,26,29). The van der Waals surface area contributed by atoms with Gasteiger partial charge in [-0.2, -0.15) is 0 Å². The number of nitrogens with one attached hydrogen (secondary N) is 2. The number of carbonyl (C=O) groups is 1. The van der Waals surface area contributed by atoms with E-state index in [1.54, 1.807) is 12.1 Å². The number of amides is 1. The molecule has 172 valence electrons. The monoisotopic (exact) mass is 455 g/mol. The fourth-order valence-electron chi connectivity index (χ4n) is 4.39. The van der Waals surface area contributed by atoms with E-state index < -0.39 is 10.0 Å². The minimum Gasteiger partial charge on any atom is -0.322 e. The van der Waals surface area contributed by atoms with Gasteiger partial charge in [0, 0.05) is 29.9 Å². The summed E-state index contributed by atoms with van der Waals surface area (Å²) in [6, 6.07) is 13.2. The summed E-state index contributed by atoms with van der Waals surface area (Å²) in [4.78, 5) is 15.7. The number of benzene rings is 2. The highest BCUT2D eigenvalue weighted by molar-refractivity contribution is 7.89. The number of hydrogen-bond acceptors (Lipinski definition) is 4. The second-order valence-corrected chi connectivity index (χ2v) is 10.9. The second-order valence-electron chi connectivity index (χ2n) is 9.19. The van der Waals surface area contributed by atoms with Gasteiger partial charge in [-0.15, -0.1) is 0 Å². The number of carbonyl (C=O) groups excluding carboxylic acids is 1. The van der Waals surface area contributed by atoms with E-state index >= 15 is 0 Å². The van der Waals surface area contributed by atoms with Gasteiger partial charge in [-0.3, -0.25) is 9.69 Å². The van der Waals surface area contributed by atoms with Crippen molar-refractivity contribution in [1.82, 2.24) is 9.62 Å². The average Bonchev–Trinajstić information content (AvgIpc) is 3.59. The molecule has 0 saturated heterocycles. The molecule has 2 aliphatic carbocycles. The van der Waals surface area contributed by atoms with Crippen molar-refractivity contribution in [3.8, 4) is 0 Å². The van der Waals surface area contributed by atoms with Gasteiger partial charge in [0.2, 0.25) is 10.0 Å². The number of sulfonamides is 1. The molecule has 0 unspecified atom stereocenters. The molecule has 0 bridgehead atoms. The highest BCUT2D eigenvalue weighted by Crippen LogP contribution is 2.26. The molecule has 0 aliphatic heterocycles. The first-order chi connectivity index (χ1) is 15.3. The number of rotatable bonds is 8. The van der Waals surface area contributed by atoms with E-state index in [0.29, 0.717) is 11.6 Å². The lowest BCUT2D eigenvalue weighted by atomic mass is 9.94. The number of hydrogen-bond donors (Lipinski definition) is 2. The molecular formula is C25H33N3O3S. The van der Waals surface area contributed by atoms with Crippen molar-refractivity contribution in [3.63, 3.8) is 0 Å². The smallest absolute Gasteiger partial charge is 0.255 e. The molecule has 32 heavy (non-hydrogen) atoms. The van der Waals surface area contributed by atoms with Crippen LogP contribution in [-0.4, -0.2) is 38.4 Å². The number of para-hydroxylation sites is 1. The van der Waals surface area contributed by atoms with Crippen LogP contribution in [0, 0.1) is 6.92 Å². The minimum absolute atomic E-state index is 0.0200. The highest BCUT2D eigenvalue weighted by atomic mass is 32.2. The van der Waals surface area contributed by atoms with Crippen LogP contribution in [0.25, 0.3) is 0 Å². The quantitative estimate of drug-likeness (QED) is 0.616. The van der Waals surface area contributed by atoms with Crippen molar-refractivity contribution in [2.75, 3.05) is 12.4 Å². The molecule has 2 aliphatic rings. The molecule has 2 N–H and O–H groups in total. The molecule has 0 aromatic heterocycles. The maximum absolute atomic E-state index is 13.1. The van der Waals surface area contributed by atoms with E-state index in [-0.39, 0.29) is 16.8 Å². The van der Waals surface area contributed by atoms with Crippen LogP contribution in [0.3, 0.4) is 0 Å². The summed E-state index contributed by atoms with van der Waals surface area (Å²) in [5, 5.41) is 3.03. The van der Waals surface area contributed by atoms with Crippen LogP contribution in [0.15, 0.2) is 47.4 Å². The Balaban J connectivity index is 1.51. The summed E-state index contributed by atoms with van der Waals surface area (Å²) >= 11 is 0. The third-order valence-corrected chi connectivity index (χ3v) is 8.06. The van der Waals surface area contributed by atoms with Crippen LogP contribution in [0.5, 0.6) is 0 Å². The zero-order valence-corrected chi connectivity index (χ0v) is 19.7. The van der Waals surface area contributed by atoms with Crippen molar-refractivity contribution in [3.05, 3.63) is 59.2 Å². The molecule has 0 heterocycles.